The van der Waals surface area contributed by atoms with Crippen LogP contribution in [0.4, 0.5) is 5.69 Å². The Balaban J connectivity index is 1.87. The second-order valence-corrected chi connectivity index (χ2v) is 9.11. The minimum absolute atomic E-state index is 0.0427. The van der Waals surface area contributed by atoms with Gasteiger partial charge in [-0.1, -0.05) is 49.1 Å². The predicted octanol–water partition coefficient (Wildman–Crippen LogP) is 5.70. The molecule has 0 unspecified atom stereocenters. The number of nitrogens with zero attached hydrogens (tertiary/aromatic N) is 2. The molecule has 0 amide bonds. The van der Waals surface area contributed by atoms with Gasteiger partial charge in [0.1, 0.15) is 6.10 Å². The smallest absolute Gasteiger partial charge is 0.338 e. The number of nitro benzene ring substituents is 1. The maximum Gasteiger partial charge on any atom is 0.338 e. The number of carbonyl (C=O) groups is 1. The van der Waals surface area contributed by atoms with Crippen molar-refractivity contribution in [2.45, 2.75) is 51.6 Å². The Bertz CT molecular complexity index is 902. The van der Waals surface area contributed by atoms with E-state index >= 15 is 0 Å². The summed E-state index contributed by atoms with van der Waals surface area (Å²) in [5, 5.41) is 10.9. The number of esters is 1. The lowest BCUT2D eigenvalue weighted by molar-refractivity contribution is -0.384. The molecule has 1 aliphatic carbocycles. The van der Waals surface area contributed by atoms with E-state index in [9.17, 15) is 14.9 Å². The van der Waals surface area contributed by atoms with Gasteiger partial charge < -0.3 is 9.64 Å². The lowest BCUT2D eigenvalue weighted by atomic mass is 9.69. The molecule has 31 heavy (non-hydrogen) atoms. The van der Waals surface area contributed by atoms with Crippen molar-refractivity contribution in [1.82, 2.24) is 4.90 Å². The average Bonchev–Trinajstić information content (AvgIpc) is 2.73. The quantitative estimate of drug-likeness (QED) is 0.309. The minimum atomic E-state index is -0.473. The lowest BCUT2D eigenvalue weighted by Gasteiger charge is -2.41. The van der Waals surface area contributed by atoms with Crippen molar-refractivity contribution >= 4 is 11.7 Å². The van der Waals surface area contributed by atoms with E-state index in [4.69, 9.17) is 4.74 Å². The molecule has 0 aromatic heterocycles. The zero-order chi connectivity index (χ0) is 22.4. The van der Waals surface area contributed by atoms with E-state index in [0.29, 0.717) is 5.56 Å². The van der Waals surface area contributed by atoms with E-state index in [1.807, 2.05) is 25.1 Å². The summed E-state index contributed by atoms with van der Waals surface area (Å²) in [7, 11) is 4.20. The van der Waals surface area contributed by atoms with Crippen LogP contribution in [0.25, 0.3) is 0 Å². The van der Waals surface area contributed by atoms with Crippen molar-refractivity contribution in [2.24, 2.45) is 5.41 Å². The number of aryl methyl sites for hydroxylation is 1. The normalized spacial score (nSPS) is 16.6. The highest BCUT2D eigenvalue weighted by Gasteiger charge is 2.37. The first-order chi connectivity index (χ1) is 14.8. The maximum atomic E-state index is 13.0. The molecule has 2 aromatic rings. The molecule has 1 fully saturated rings. The van der Waals surface area contributed by atoms with E-state index in [0.717, 1.165) is 36.9 Å². The van der Waals surface area contributed by atoms with Gasteiger partial charge in [-0.15, -0.1) is 0 Å². The van der Waals surface area contributed by atoms with Gasteiger partial charge >= 0.3 is 5.97 Å². The van der Waals surface area contributed by atoms with E-state index in [2.05, 4.69) is 25.1 Å². The summed E-state index contributed by atoms with van der Waals surface area (Å²) >= 11 is 0. The number of non-ortho nitro benzene ring substituents is 1. The van der Waals surface area contributed by atoms with Crippen LogP contribution in [0, 0.1) is 22.5 Å². The lowest BCUT2D eigenvalue weighted by Crippen LogP contribution is -2.37. The van der Waals surface area contributed by atoms with E-state index in [1.54, 1.807) is 0 Å². The molecule has 0 heterocycles. The summed E-state index contributed by atoms with van der Waals surface area (Å²) in [5.74, 6) is -0.447. The van der Waals surface area contributed by atoms with E-state index < -0.39 is 10.9 Å². The molecule has 0 N–H and O–H groups in total. The Morgan fingerprint density at radius 3 is 2.39 bits per heavy atom. The average molecular weight is 425 g/mol. The zero-order valence-electron chi connectivity index (χ0n) is 18.7. The molecule has 6 nitrogen and oxygen atoms in total. The number of hydrogen-bond acceptors (Lipinski definition) is 5. The van der Waals surface area contributed by atoms with Crippen LogP contribution in [0.1, 0.15) is 66.1 Å². The number of benzene rings is 2. The molecular weight excluding hydrogens is 392 g/mol. The molecule has 3 rings (SSSR count). The largest absolute Gasteiger partial charge is 0.454 e. The molecule has 6 heteroatoms. The van der Waals surface area contributed by atoms with Crippen molar-refractivity contribution in [1.29, 1.82) is 0 Å². The van der Waals surface area contributed by atoms with Crippen molar-refractivity contribution in [3.05, 3.63) is 75.3 Å². The van der Waals surface area contributed by atoms with Gasteiger partial charge in [0.25, 0.3) is 5.69 Å². The molecule has 166 valence electrons. The Morgan fingerprint density at radius 2 is 1.81 bits per heavy atom. The Hall–Kier alpha value is -2.73. The van der Waals surface area contributed by atoms with E-state index in [-0.39, 0.29) is 17.2 Å². The first-order valence-electron chi connectivity index (χ1n) is 10.9. The van der Waals surface area contributed by atoms with Crippen molar-refractivity contribution in [3.63, 3.8) is 0 Å². The Labute approximate surface area is 184 Å². The predicted molar refractivity (Wildman–Crippen MR) is 121 cm³/mol. The van der Waals surface area contributed by atoms with Gasteiger partial charge in [-0.25, -0.2) is 4.79 Å². The van der Waals surface area contributed by atoms with Gasteiger partial charge in [-0.2, -0.15) is 0 Å². The molecule has 0 saturated heterocycles. The summed E-state index contributed by atoms with van der Waals surface area (Å²) in [6.45, 7) is 3.00. The van der Waals surface area contributed by atoms with Crippen LogP contribution < -0.4 is 0 Å². The standard InChI is InChI=1S/C25H32N2O4/c1-19-8-7-9-21(16-19)23(17-25(18-26(2)3)14-5-4-6-15-25)31-24(28)20-10-12-22(13-11-20)27(29)30/h7-13,16,23H,4-6,14-15,17-18H2,1-3H3/t23-/m1/s1. The highest BCUT2D eigenvalue weighted by Crippen LogP contribution is 2.44. The summed E-state index contributed by atoms with van der Waals surface area (Å²) in [6.07, 6.45) is 6.32. The highest BCUT2D eigenvalue weighted by atomic mass is 16.6. The van der Waals surface area contributed by atoms with Gasteiger partial charge in [0.05, 0.1) is 10.5 Å². The molecule has 0 aliphatic heterocycles. The van der Waals surface area contributed by atoms with Gasteiger partial charge in [-0.05, 0) is 63.4 Å². The van der Waals surface area contributed by atoms with Crippen LogP contribution in [-0.2, 0) is 4.74 Å². The van der Waals surface area contributed by atoms with Crippen molar-refractivity contribution in [2.75, 3.05) is 20.6 Å². The number of carbonyl (C=O) groups excluding carboxylic acids is 1. The van der Waals surface area contributed by atoms with Crippen LogP contribution in [0.2, 0.25) is 0 Å². The van der Waals surface area contributed by atoms with E-state index in [1.165, 1.54) is 43.5 Å². The molecule has 1 saturated carbocycles. The third-order valence-electron chi connectivity index (χ3n) is 6.16. The number of hydrogen-bond donors (Lipinski definition) is 0. The van der Waals surface area contributed by atoms with Crippen molar-refractivity contribution in [3.8, 4) is 0 Å². The molecule has 1 atom stereocenters. The molecule has 2 aromatic carbocycles. The fourth-order valence-corrected chi connectivity index (χ4v) is 4.81. The zero-order valence-corrected chi connectivity index (χ0v) is 18.7. The molecule has 0 spiro atoms. The highest BCUT2D eigenvalue weighted by molar-refractivity contribution is 5.89. The minimum Gasteiger partial charge on any atom is -0.454 e. The summed E-state index contributed by atoms with van der Waals surface area (Å²) in [5.41, 5.74) is 2.51. The molecule has 0 bridgehead atoms. The fraction of sp³-hybridized carbons (Fsp3) is 0.480. The molecular formula is C25H32N2O4. The van der Waals surface area contributed by atoms with Crippen LogP contribution in [0.15, 0.2) is 48.5 Å². The van der Waals surface area contributed by atoms with Gasteiger partial charge in [0, 0.05) is 18.7 Å². The first kappa shape index (κ1) is 22.9. The monoisotopic (exact) mass is 424 g/mol. The summed E-state index contributed by atoms with van der Waals surface area (Å²) < 4.78 is 6.06. The second kappa shape index (κ2) is 10.1. The SMILES string of the molecule is Cc1cccc([C@@H](CC2(CN(C)C)CCCCC2)OC(=O)c2ccc([N+](=O)[O-])cc2)c1. The van der Waals surface area contributed by atoms with Crippen molar-refractivity contribution < 1.29 is 14.5 Å². The summed E-state index contributed by atoms with van der Waals surface area (Å²) in [4.78, 5) is 25.6. The van der Waals surface area contributed by atoms with Crippen LogP contribution >= 0.6 is 0 Å². The second-order valence-electron chi connectivity index (χ2n) is 9.11. The van der Waals surface area contributed by atoms with Gasteiger partial charge in [0.2, 0.25) is 0 Å². The number of ether oxygens (including phenoxy) is 1. The fourth-order valence-electron chi connectivity index (χ4n) is 4.81. The summed E-state index contributed by atoms with van der Waals surface area (Å²) in [6, 6.07) is 13.7. The third kappa shape index (κ3) is 6.14. The molecule has 0 radical (unpaired) electrons. The Morgan fingerprint density at radius 1 is 1.13 bits per heavy atom. The molecule has 1 aliphatic rings. The third-order valence-corrected chi connectivity index (χ3v) is 6.16. The van der Waals surface area contributed by atoms with Crippen LogP contribution in [-0.4, -0.2) is 36.4 Å². The van der Waals surface area contributed by atoms with Crippen LogP contribution in [0.5, 0.6) is 0 Å². The number of rotatable bonds is 8. The van der Waals surface area contributed by atoms with Crippen LogP contribution in [0.3, 0.4) is 0 Å². The number of nitro groups is 1. The maximum absolute atomic E-state index is 13.0. The van der Waals surface area contributed by atoms with Gasteiger partial charge in [0.15, 0.2) is 0 Å². The first-order valence-corrected chi connectivity index (χ1v) is 10.9. The topological polar surface area (TPSA) is 72.7 Å². The Kier molecular flexibility index (Phi) is 7.44. The van der Waals surface area contributed by atoms with Gasteiger partial charge in [-0.3, -0.25) is 10.1 Å².